The molecule has 0 aromatic carbocycles. The summed E-state index contributed by atoms with van der Waals surface area (Å²) in [6.07, 6.45) is 4.97. The molecule has 3 heteroatoms. The maximum Gasteiger partial charge on any atom is 0.232 e. The molecule has 1 amide bonds. The first-order valence-electron chi connectivity index (χ1n) is 5.59. The first-order valence-corrected chi connectivity index (χ1v) is 6.64. The lowest BCUT2D eigenvalue weighted by Crippen LogP contribution is -2.33. The Kier molecular flexibility index (Phi) is 5.38. The highest BCUT2D eigenvalue weighted by atomic mass is 32.2. The van der Waals surface area contributed by atoms with Gasteiger partial charge in [0, 0.05) is 13.1 Å². The summed E-state index contributed by atoms with van der Waals surface area (Å²) in [5.41, 5.74) is 0. The van der Waals surface area contributed by atoms with Crippen molar-refractivity contribution in [3.05, 3.63) is 0 Å². The average molecular weight is 215 g/mol. The number of rotatable bonds is 3. The highest BCUT2D eigenvalue weighted by Crippen LogP contribution is 2.14. The van der Waals surface area contributed by atoms with Crippen LogP contribution < -0.4 is 0 Å². The van der Waals surface area contributed by atoms with Gasteiger partial charge in [-0.1, -0.05) is 26.7 Å². The van der Waals surface area contributed by atoms with Crippen LogP contribution in [0.1, 0.15) is 39.5 Å². The largest absolute Gasteiger partial charge is 0.342 e. The molecule has 0 aliphatic carbocycles. The molecule has 2 nitrogen and oxygen atoms in total. The molecule has 0 unspecified atom stereocenters. The second-order valence-corrected chi connectivity index (χ2v) is 5.72. The second kappa shape index (κ2) is 6.33. The number of likely N-dealkylation sites (tertiary alicyclic amines) is 1. The van der Waals surface area contributed by atoms with Crippen molar-refractivity contribution < 1.29 is 4.79 Å². The Balaban J connectivity index is 2.27. The van der Waals surface area contributed by atoms with Crippen molar-refractivity contribution in [2.45, 2.75) is 44.8 Å². The smallest absolute Gasteiger partial charge is 0.232 e. The number of hydrogen-bond donors (Lipinski definition) is 0. The van der Waals surface area contributed by atoms with E-state index in [4.69, 9.17) is 0 Å². The van der Waals surface area contributed by atoms with Gasteiger partial charge in [0.2, 0.25) is 5.91 Å². The van der Waals surface area contributed by atoms with Crippen molar-refractivity contribution >= 4 is 17.7 Å². The van der Waals surface area contributed by atoms with Gasteiger partial charge in [0.15, 0.2) is 0 Å². The molecule has 0 aromatic heterocycles. The summed E-state index contributed by atoms with van der Waals surface area (Å²) >= 11 is 1.75. The number of carbonyl (C=O) groups excluding carboxylic acids is 1. The average Bonchev–Trinajstić information content (AvgIpc) is 2.42. The zero-order valence-corrected chi connectivity index (χ0v) is 10.1. The summed E-state index contributed by atoms with van der Waals surface area (Å²) in [4.78, 5) is 13.8. The van der Waals surface area contributed by atoms with E-state index in [0.29, 0.717) is 16.9 Å². The third-order valence-corrected chi connectivity index (χ3v) is 3.58. The summed E-state index contributed by atoms with van der Waals surface area (Å²) in [5, 5.41) is 0.561. The van der Waals surface area contributed by atoms with Gasteiger partial charge in [0.1, 0.15) is 0 Å². The molecule has 0 bridgehead atoms. The number of amides is 1. The Morgan fingerprint density at radius 3 is 2.29 bits per heavy atom. The Bertz CT molecular complexity index is 174. The zero-order chi connectivity index (χ0) is 10.4. The molecule has 1 saturated heterocycles. The van der Waals surface area contributed by atoms with E-state index >= 15 is 0 Å². The highest BCUT2D eigenvalue weighted by molar-refractivity contribution is 8.00. The molecule has 82 valence electrons. The number of carbonyl (C=O) groups is 1. The summed E-state index contributed by atoms with van der Waals surface area (Å²) < 4.78 is 0. The monoisotopic (exact) mass is 215 g/mol. The molecule has 1 rings (SSSR count). The number of hydrogen-bond acceptors (Lipinski definition) is 2. The van der Waals surface area contributed by atoms with Crippen LogP contribution in [-0.4, -0.2) is 34.9 Å². The maximum absolute atomic E-state index is 11.8. The van der Waals surface area contributed by atoms with Crippen LogP contribution in [0.15, 0.2) is 0 Å². The Morgan fingerprint density at radius 1 is 1.21 bits per heavy atom. The highest BCUT2D eigenvalue weighted by Gasteiger charge is 2.15. The molecular formula is C11H21NOS. The lowest BCUT2D eigenvalue weighted by molar-refractivity contribution is -0.128. The SMILES string of the molecule is CC(C)SCC(=O)N1CCCCCC1. The van der Waals surface area contributed by atoms with E-state index in [1.54, 1.807) is 11.8 Å². The maximum atomic E-state index is 11.8. The van der Waals surface area contributed by atoms with E-state index in [-0.39, 0.29) is 0 Å². The minimum absolute atomic E-state index is 0.339. The van der Waals surface area contributed by atoms with Gasteiger partial charge in [-0.15, -0.1) is 11.8 Å². The van der Waals surface area contributed by atoms with E-state index in [0.717, 1.165) is 13.1 Å². The van der Waals surface area contributed by atoms with E-state index in [1.165, 1.54) is 25.7 Å². The van der Waals surface area contributed by atoms with Gasteiger partial charge >= 0.3 is 0 Å². The molecule has 0 atom stereocenters. The Morgan fingerprint density at radius 2 is 1.79 bits per heavy atom. The minimum Gasteiger partial charge on any atom is -0.342 e. The first-order chi connectivity index (χ1) is 6.70. The van der Waals surface area contributed by atoms with Gasteiger partial charge in [-0.05, 0) is 18.1 Å². The molecule has 0 radical (unpaired) electrons. The molecule has 0 saturated carbocycles. The van der Waals surface area contributed by atoms with Crippen molar-refractivity contribution in [3.63, 3.8) is 0 Å². The van der Waals surface area contributed by atoms with Crippen molar-refractivity contribution in [1.29, 1.82) is 0 Å². The quantitative estimate of drug-likeness (QED) is 0.721. The molecule has 1 heterocycles. The molecule has 0 spiro atoms. The van der Waals surface area contributed by atoms with Crippen LogP contribution in [0, 0.1) is 0 Å². The predicted molar refractivity (Wildman–Crippen MR) is 62.6 cm³/mol. The predicted octanol–water partition coefficient (Wildman–Crippen LogP) is 2.53. The third-order valence-electron chi connectivity index (χ3n) is 2.50. The van der Waals surface area contributed by atoms with Crippen LogP contribution in [-0.2, 0) is 4.79 Å². The molecule has 0 aromatic rings. The van der Waals surface area contributed by atoms with Crippen molar-refractivity contribution in [1.82, 2.24) is 4.90 Å². The normalized spacial score (nSPS) is 18.4. The summed E-state index contributed by atoms with van der Waals surface area (Å²) in [5.74, 6) is 1.00. The zero-order valence-electron chi connectivity index (χ0n) is 9.29. The topological polar surface area (TPSA) is 20.3 Å². The molecule has 0 N–H and O–H groups in total. The van der Waals surface area contributed by atoms with Crippen molar-refractivity contribution in [3.8, 4) is 0 Å². The van der Waals surface area contributed by atoms with Crippen LogP contribution in [0.3, 0.4) is 0 Å². The van der Waals surface area contributed by atoms with Crippen LogP contribution in [0.25, 0.3) is 0 Å². The summed E-state index contributed by atoms with van der Waals surface area (Å²) in [6.45, 7) is 6.25. The first kappa shape index (κ1) is 11.9. The summed E-state index contributed by atoms with van der Waals surface area (Å²) in [6, 6.07) is 0. The van der Waals surface area contributed by atoms with Gasteiger partial charge in [0.05, 0.1) is 5.75 Å². The van der Waals surface area contributed by atoms with Gasteiger partial charge in [-0.3, -0.25) is 4.79 Å². The Hall–Kier alpha value is -0.180. The minimum atomic E-state index is 0.339. The fourth-order valence-electron chi connectivity index (χ4n) is 1.65. The standard InChI is InChI=1S/C11H21NOS/c1-10(2)14-9-11(13)12-7-5-3-4-6-8-12/h10H,3-9H2,1-2H3. The fraction of sp³-hybridized carbons (Fsp3) is 0.909. The Labute approximate surface area is 91.4 Å². The van der Waals surface area contributed by atoms with E-state index in [2.05, 4.69) is 13.8 Å². The van der Waals surface area contributed by atoms with Gasteiger partial charge in [-0.25, -0.2) is 0 Å². The molecule has 1 aliphatic rings. The molecular weight excluding hydrogens is 194 g/mol. The van der Waals surface area contributed by atoms with Crippen LogP contribution in [0.5, 0.6) is 0 Å². The van der Waals surface area contributed by atoms with Crippen molar-refractivity contribution in [2.24, 2.45) is 0 Å². The number of thioether (sulfide) groups is 1. The van der Waals surface area contributed by atoms with Crippen molar-refractivity contribution in [2.75, 3.05) is 18.8 Å². The lowest BCUT2D eigenvalue weighted by Gasteiger charge is -2.20. The fourth-order valence-corrected chi connectivity index (χ4v) is 2.31. The van der Waals surface area contributed by atoms with Crippen LogP contribution in [0.4, 0.5) is 0 Å². The summed E-state index contributed by atoms with van der Waals surface area (Å²) in [7, 11) is 0. The lowest BCUT2D eigenvalue weighted by atomic mass is 10.2. The van der Waals surface area contributed by atoms with E-state index in [1.807, 2.05) is 4.90 Å². The third kappa shape index (κ3) is 4.36. The van der Waals surface area contributed by atoms with Crippen LogP contribution >= 0.6 is 11.8 Å². The molecule has 1 aliphatic heterocycles. The van der Waals surface area contributed by atoms with Gasteiger partial charge in [0.25, 0.3) is 0 Å². The second-order valence-electron chi connectivity index (χ2n) is 4.15. The van der Waals surface area contributed by atoms with E-state index < -0.39 is 0 Å². The number of nitrogens with zero attached hydrogens (tertiary/aromatic N) is 1. The molecule has 14 heavy (non-hydrogen) atoms. The van der Waals surface area contributed by atoms with Crippen LogP contribution in [0.2, 0.25) is 0 Å². The van der Waals surface area contributed by atoms with Gasteiger partial charge in [-0.2, -0.15) is 0 Å². The molecule has 1 fully saturated rings. The van der Waals surface area contributed by atoms with Gasteiger partial charge < -0.3 is 4.90 Å². The van der Waals surface area contributed by atoms with E-state index in [9.17, 15) is 4.79 Å².